The zero-order valence-electron chi connectivity index (χ0n) is 6.01. The Labute approximate surface area is 72.9 Å². The fourth-order valence-corrected chi connectivity index (χ4v) is 1.04. The van der Waals surface area contributed by atoms with Gasteiger partial charge in [0.15, 0.2) is 0 Å². The highest BCUT2D eigenvalue weighted by molar-refractivity contribution is 6.34. The highest BCUT2D eigenvalue weighted by Gasteiger charge is 2.28. The van der Waals surface area contributed by atoms with Crippen LogP contribution in [0.1, 0.15) is 0 Å². The van der Waals surface area contributed by atoms with Crippen molar-refractivity contribution in [2.24, 2.45) is 4.99 Å². The Balaban J connectivity index is 2.89. The maximum atomic E-state index is 12.1. The first-order chi connectivity index (χ1) is 5.57. The summed E-state index contributed by atoms with van der Waals surface area (Å²) in [5.74, 6) is 0. The maximum absolute atomic E-state index is 12.1. The monoisotopic (exact) mass is 193 g/mol. The van der Waals surface area contributed by atoms with Crippen molar-refractivity contribution in [1.82, 2.24) is 0 Å². The third-order valence-corrected chi connectivity index (χ3v) is 1.75. The predicted octanol–water partition coefficient (Wildman–Crippen LogP) is 1.44. The van der Waals surface area contributed by atoms with E-state index in [2.05, 4.69) is 4.99 Å². The summed E-state index contributed by atoms with van der Waals surface area (Å²) >= 11 is 5.61. The molecule has 1 aliphatic rings. The summed E-state index contributed by atoms with van der Waals surface area (Å²) in [4.78, 5) is 12.5. The van der Waals surface area contributed by atoms with E-state index in [4.69, 9.17) is 11.6 Å². The third-order valence-electron chi connectivity index (χ3n) is 1.43. The van der Waals surface area contributed by atoms with Gasteiger partial charge in [-0.15, -0.1) is 11.6 Å². The fraction of sp³-hybridized carbons (Fsp3) is 0.429. The second-order valence-electron chi connectivity index (χ2n) is 2.46. The molecule has 0 fully saturated rings. The molecule has 1 rings (SSSR count). The van der Waals surface area contributed by atoms with Crippen LogP contribution in [0.2, 0.25) is 0 Å². The number of carbonyl (C=O) groups excluding carboxylic acids is 1. The molecule has 1 aliphatic heterocycles. The van der Waals surface area contributed by atoms with E-state index < -0.39 is 11.3 Å². The van der Waals surface area contributed by atoms with Crippen LogP contribution in [-0.2, 0) is 4.79 Å². The molecule has 0 aromatic heterocycles. The molecule has 5 heteroatoms. The third kappa shape index (κ3) is 1.88. The predicted molar refractivity (Wildman–Crippen MR) is 42.1 cm³/mol. The number of hydrogen-bond acceptors (Lipinski definition) is 2. The van der Waals surface area contributed by atoms with Gasteiger partial charge in [0.05, 0.1) is 6.54 Å². The highest BCUT2D eigenvalue weighted by atomic mass is 35.5. The number of alkyl halides is 3. The SMILES string of the molecule is O=CC1(Cl)C=C(C(F)F)C=NC1. The molecule has 0 bridgehead atoms. The lowest BCUT2D eigenvalue weighted by Gasteiger charge is -2.18. The van der Waals surface area contributed by atoms with Gasteiger partial charge in [0, 0.05) is 11.8 Å². The molecule has 0 amide bonds. The lowest BCUT2D eigenvalue weighted by atomic mass is 10.0. The minimum absolute atomic E-state index is 0.0221. The number of rotatable bonds is 2. The zero-order chi connectivity index (χ0) is 9.19. The molecule has 12 heavy (non-hydrogen) atoms. The van der Waals surface area contributed by atoms with Crippen molar-refractivity contribution in [2.75, 3.05) is 6.54 Å². The van der Waals surface area contributed by atoms with Gasteiger partial charge in [0.2, 0.25) is 0 Å². The summed E-state index contributed by atoms with van der Waals surface area (Å²) in [6.45, 7) is 0.0221. The summed E-state index contributed by atoms with van der Waals surface area (Å²) in [6, 6.07) is 0. The lowest BCUT2D eigenvalue weighted by Crippen LogP contribution is -2.29. The number of dihydropyridines is 1. The van der Waals surface area contributed by atoms with Gasteiger partial charge in [-0.1, -0.05) is 0 Å². The van der Waals surface area contributed by atoms with E-state index >= 15 is 0 Å². The Bertz CT molecular complexity index is 252. The van der Waals surface area contributed by atoms with Crippen molar-refractivity contribution >= 4 is 24.1 Å². The average molecular weight is 194 g/mol. The minimum atomic E-state index is -2.63. The van der Waals surface area contributed by atoms with Gasteiger partial charge >= 0.3 is 0 Å². The minimum Gasteiger partial charge on any atom is -0.301 e. The van der Waals surface area contributed by atoms with Crippen molar-refractivity contribution < 1.29 is 13.6 Å². The molecular formula is C7H6ClF2NO. The van der Waals surface area contributed by atoms with E-state index in [1.807, 2.05) is 0 Å². The molecule has 66 valence electrons. The van der Waals surface area contributed by atoms with Crippen molar-refractivity contribution in [3.63, 3.8) is 0 Å². The van der Waals surface area contributed by atoms with Crippen molar-refractivity contribution in [3.05, 3.63) is 11.6 Å². The van der Waals surface area contributed by atoms with Gasteiger partial charge in [-0.2, -0.15) is 0 Å². The molecule has 1 heterocycles. The van der Waals surface area contributed by atoms with Crippen LogP contribution < -0.4 is 0 Å². The second-order valence-corrected chi connectivity index (χ2v) is 3.16. The molecule has 0 N–H and O–H groups in total. The number of carbonyl (C=O) groups is 1. The molecular weight excluding hydrogens is 188 g/mol. The molecule has 0 saturated heterocycles. The lowest BCUT2D eigenvalue weighted by molar-refractivity contribution is -0.108. The molecule has 0 spiro atoms. The molecule has 0 saturated carbocycles. The van der Waals surface area contributed by atoms with Gasteiger partial charge in [-0.3, -0.25) is 4.99 Å². The van der Waals surface area contributed by atoms with E-state index in [0.717, 1.165) is 12.3 Å². The molecule has 2 nitrogen and oxygen atoms in total. The van der Waals surface area contributed by atoms with Gasteiger partial charge in [0.1, 0.15) is 11.2 Å². The number of nitrogens with zero attached hydrogens (tertiary/aromatic N) is 1. The average Bonchev–Trinajstić information content (AvgIpc) is 2.05. The van der Waals surface area contributed by atoms with Crippen molar-refractivity contribution in [2.45, 2.75) is 11.3 Å². The van der Waals surface area contributed by atoms with Gasteiger partial charge < -0.3 is 4.79 Å². The van der Waals surface area contributed by atoms with Crippen LogP contribution in [-0.4, -0.2) is 30.3 Å². The van der Waals surface area contributed by atoms with E-state index in [9.17, 15) is 13.6 Å². The fourth-order valence-electron chi connectivity index (χ4n) is 0.842. The molecule has 0 aromatic rings. The summed E-state index contributed by atoms with van der Waals surface area (Å²) in [7, 11) is 0. The molecule has 1 unspecified atom stereocenters. The first kappa shape index (κ1) is 9.32. The number of aliphatic imine (C=N–C) groups is 1. The van der Waals surface area contributed by atoms with E-state index in [-0.39, 0.29) is 12.1 Å². The Morgan fingerprint density at radius 1 is 1.75 bits per heavy atom. The maximum Gasteiger partial charge on any atom is 0.265 e. The van der Waals surface area contributed by atoms with Crippen LogP contribution in [0.15, 0.2) is 16.6 Å². The molecule has 1 atom stereocenters. The standard InChI is InChI=1S/C7H6ClF2NO/c8-7(4-12)1-5(6(9)10)2-11-3-7/h1-2,4,6H,3H2. The highest BCUT2D eigenvalue weighted by Crippen LogP contribution is 2.22. The molecule has 0 aromatic carbocycles. The van der Waals surface area contributed by atoms with Gasteiger partial charge in [-0.25, -0.2) is 8.78 Å². The topological polar surface area (TPSA) is 29.4 Å². The van der Waals surface area contributed by atoms with E-state index in [0.29, 0.717) is 6.29 Å². The Morgan fingerprint density at radius 2 is 2.42 bits per heavy atom. The first-order valence-corrected chi connectivity index (χ1v) is 3.61. The van der Waals surface area contributed by atoms with Crippen LogP contribution in [0.3, 0.4) is 0 Å². The Hall–Kier alpha value is -0.770. The normalized spacial score (nSPS) is 28.8. The van der Waals surface area contributed by atoms with E-state index in [1.54, 1.807) is 0 Å². The Kier molecular flexibility index (Phi) is 2.57. The number of halogens is 3. The second kappa shape index (κ2) is 3.31. The quantitative estimate of drug-likeness (QED) is 0.482. The van der Waals surface area contributed by atoms with Crippen LogP contribution >= 0.6 is 11.6 Å². The largest absolute Gasteiger partial charge is 0.301 e. The van der Waals surface area contributed by atoms with E-state index in [1.165, 1.54) is 0 Å². The summed E-state index contributed by atoms with van der Waals surface area (Å²) < 4.78 is 24.1. The summed E-state index contributed by atoms with van der Waals surface area (Å²) in [5, 5.41) is 0. The molecule has 0 radical (unpaired) electrons. The smallest absolute Gasteiger partial charge is 0.265 e. The number of aldehydes is 1. The summed E-state index contributed by atoms with van der Waals surface area (Å²) in [6.07, 6.45) is -0.145. The zero-order valence-corrected chi connectivity index (χ0v) is 6.76. The number of allylic oxidation sites excluding steroid dienone is 1. The first-order valence-electron chi connectivity index (χ1n) is 3.23. The Morgan fingerprint density at radius 3 is 2.92 bits per heavy atom. The molecule has 0 aliphatic carbocycles. The number of hydrogen-bond donors (Lipinski definition) is 0. The van der Waals surface area contributed by atoms with Crippen LogP contribution in [0.5, 0.6) is 0 Å². The van der Waals surface area contributed by atoms with Gasteiger partial charge in [0.25, 0.3) is 6.43 Å². The summed E-state index contributed by atoms with van der Waals surface area (Å²) in [5.41, 5.74) is -0.302. The van der Waals surface area contributed by atoms with Crippen LogP contribution in [0.25, 0.3) is 0 Å². The van der Waals surface area contributed by atoms with Crippen LogP contribution in [0.4, 0.5) is 8.78 Å². The van der Waals surface area contributed by atoms with Crippen molar-refractivity contribution in [1.29, 1.82) is 0 Å². The van der Waals surface area contributed by atoms with Crippen LogP contribution in [0, 0.1) is 0 Å². The van der Waals surface area contributed by atoms with Gasteiger partial charge in [-0.05, 0) is 6.08 Å². The van der Waals surface area contributed by atoms with Crippen molar-refractivity contribution in [3.8, 4) is 0 Å².